The molecule has 0 amide bonds. The van der Waals surface area contributed by atoms with Crippen LogP contribution in [0.5, 0.6) is 0 Å². The highest BCUT2D eigenvalue weighted by atomic mass is 79.9. The van der Waals surface area contributed by atoms with E-state index in [4.69, 9.17) is 0 Å². The third-order valence-corrected chi connectivity index (χ3v) is 5.24. The second-order valence-electron chi connectivity index (χ2n) is 6.29. The minimum absolute atomic E-state index is 0.761. The van der Waals surface area contributed by atoms with Gasteiger partial charge in [0.25, 0.3) is 0 Å². The van der Waals surface area contributed by atoms with Gasteiger partial charge in [0.05, 0.1) is 5.39 Å². The van der Waals surface area contributed by atoms with Crippen LogP contribution in [0.15, 0.2) is 35.1 Å². The number of H-pyrrole nitrogens is 1. The standard InChI is InChI=1S/C17H15BrN8/c1-25-16(22-23-24-25)10-4-6-26(7-5-10)17-14-12-3-2-11(18)8-13(12)21-15(14)19-9-20-17/h2-4,8-9H,5-7H2,1H3,(H,19,20,21). The number of halogens is 1. The van der Waals surface area contributed by atoms with Crippen molar-refractivity contribution in [2.75, 3.05) is 18.0 Å². The van der Waals surface area contributed by atoms with Crippen molar-refractivity contribution in [1.82, 2.24) is 35.2 Å². The summed E-state index contributed by atoms with van der Waals surface area (Å²) in [6.45, 7) is 1.62. The van der Waals surface area contributed by atoms with Crippen molar-refractivity contribution in [1.29, 1.82) is 0 Å². The van der Waals surface area contributed by atoms with E-state index in [0.717, 1.165) is 57.6 Å². The normalized spacial score (nSPS) is 15.0. The second kappa shape index (κ2) is 5.87. The molecular weight excluding hydrogens is 396 g/mol. The molecule has 0 radical (unpaired) electrons. The Labute approximate surface area is 157 Å². The van der Waals surface area contributed by atoms with Crippen LogP contribution in [0.2, 0.25) is 0 Å². The van der Waals surface area contributed by atoms with Crippen LogP contribution >= 0.6 is 15.9 Å². The molecule has 0 spiro atoms. The molecule has 0 saturated carbocycles. The maximum Gasteiger partial charge on any atom is 0.177 e. The molecule has 0 unspecified atom stereocenters. The van der Waals surface area contributed by atoms with Gasteiger partial charge >= 0.3 is 0 Å². The molecule has 1 aromatic carbocycles. The minimum atomic E-state index is 0.761. The zero-order valence-corrected chi connectivity index (χ0v) is 15.6. The zero-order chi connectivity index (χ0) is 17.7. The number of aromatic amines is 1. The fourth-order valence-corrected chi connectivity index (χ4v) is 3.85. The summed E-state index contributed by atoms with van der Waals surface area (Å²) in [4.78, 5) is 14.7. The lowest BCUT2D eigenvalue weighted by Gasteiger charge is -2.27. The number of hydrogen-bond acceptors (Lipinski definition) is 6. The second-order valence-corrected chi connectivity index (χ2v) is 7.20. The molecule has 130 valence electrons. The number of aryl methyl sites for hydroxylation is 1. The summed E-state index contributed by atoms with van der Waals surface area (Å²) in [6, 6.07) is 6.21. The first-order valence-corrected chi connectivity index (χ1v) is 9.08. The van der Waals surface area contributed by atoms with Gasteiger partial charge in [-0.25, -0.2) is 14.6 Å². The van der Waals surface area contributed by atoms with Gasteiger partial charge in [0.2, 0.25) is 0 Å². The van der Waals surface area contributed by atoms with Gasteiger partial charge < -0.3 is 9.88 Å². The maximum absolute atomic E-state index is 4.59. The summed E-state index contributed by atoms with van der Waals surface area (Å²) in [6.07, 6.45) is 4.66. The van der Waals surface area contributed by atoms with Crippen LogP contribution in [-0.2, 0) is 7.05 Å². The molecule has 0 saturated heterocycles. The highest BCUT2D eigenvalue weighted by molar-refractivity contribution is 9.10. The van der Waals surface area contributed by atoms with Crippen LogP contribution in [0.1, 0.15) is 12.2 Å². The fraction of sp³-hybridized carbons (Fsp3) is 0.235. The quantitative estimate of drug-likeness (QED) is 0.546. The van der Waals surface area contributed by atoms with Gasteiger partial charge in [-0.15, -0.1) is 5.10 Å². The molecule has 4 aromatic rings. The van der Waals surface area contributed by atoms with Crippen molar-refractivity contribution in [2.45, 2.75) is 6.42 Å². The lowest BCUT2D eigenvalue weighted by Crippen LogP contribution is -2.29. The molecule has 8 nitrogen and oxygen atoms in total. The van der Waals surface area contributed by atoms with Gasteiger partial charge in [-0.05, 0) is 34.6 Å². The molecule has 3 aromatic heterocycles. The van der Waals surface area contributed by atoms with E-state index in [-0.39, 0.29) is 0 Å². The van der Waals surface area contributed by atoms with Crippen molar-refractivity contribution < 1.29 is 0 Å². The Morgan fingerprint density at radius 1 is 1.23 bits per heavy atom. The monoisotopic (exact) mass is 410 g/mol. The van der Waals surface area contributed by atoms with E-state index in [1.165, 1.54) is 5.57 Å². The van der Waals surface area contributed by atoms with Gasteiger partial charge in [0.15, 0.2) is 5.82 Å². The molecule has 1 aliphatic heterocycles. The first kappa shape index (κ1) is 15.4. The molecule has 1 aliphatic rings. The number of nitrogens with one attached hydrogen (secondary N) is 1. The van der Waals surface area contributed by atoms with Gasteiger partial charge in [0, 0.05) is 35.5 Å². The smallest absolute Gasteiger partial charge is 0.177 e. The predicted molar refractivity (Wildman–Crippen MR) is 103 cm³/mol. The highest BCUT2D eigenvalue weighted by Crippen LogP contribution is 2.33. The third-order valence-electron chi connectivity index (χ3n) is 4.75. The van der Waals surface area contributed by atoms with Crippen molar-refractivity contribution in [3.8, 4) is 0 Å². The van der Waals surface area contributed by atoms with E-state index >= 15 is 0 Å². The molecule has 0 atom stereocenters. The Bertz CT molecular complexity index is 1160. The molecular formula is C17H15BrN8. The number of fused-ring (bicyclic) bond motifs is 3. The summed E-state index contributed by atoms with van der Waals surface area (Å²) in [7, 11) is 1.86. The van der Waals surface area contributed by atoms with Crippen molar-refractivity contribution >= 4 is 49.3 Å². The number of aromatic nitrogens is 7. The van der Waals surface area contributed by atoms with E-state index in [1.807, 2.05) is 13.1 Å². The zero-order valence-electron chi connectivity index (χ0n) is 14.0. The maximum atomic E-state index is 4.59. The lowest BCUT2D eigenvalue weighted by molar-refractivity contribution is 0.699. The molecule has 1 N–H and O–H groups in total. The first-order valence-electron chi connectivity index (χ1n) is 8.29. The Balaban J connectivity index is 1.57. The van der Waals surface area contributed by atoms with E-state index < -0.39 is 0 Å². The Kier molecular flexibility index (Phi) is 3.49. The summed E-state index contributed by atoms with van der Waals surface area (Å²) in [5.41, 5.74) is 3.08. The number of nitrogens with zero attached hydrogens (tertiary/aromatic N) is 7. The number of hydrogen-bond donors (Lipinski definition) is 1. The van der Waals surface area contributed by atoms with Crippen LogP contribution in [0, 0.1) is 0 Å². The highest BCUT2D eigenvalue weighted by Gasteiger charge is 2.21. The molecule has 0 aliphatic carbocycles. The van der Waals surface area contributed by atoms with E-state index in [1.54, 1.807) is 11.0 Å². The molecule has 9 heteroatoms. The summed E-state index contributed by atoms with van der Waals surface area (Å²) < 4.78 is 2.75. The SMILES string of the molecule is Cn1nnnc1C1=CCN(c2ncnc3[nH]c4cc(Br)ccc4c23)CC1. The van der Waals surface area contributed by atoms with Gasteiger partial charge in [-0.2, -0.15) is 0 Å². The van der Waals surface area contributed by atoms with Crippen LogP contribution in [0.3, 0.4) is 0 Å². The Morgan fingerprint density at radius 2 is 2.15 bits per heavy atom. The molecule has 4 heterocycles. The largest absolute Gasteiger partial charge is 0.352 e. The predicted octanol–water partition coefficient (Wildman–Crippen LogP) is 2.69. The van der Waals surface area contributed by atoms with E-state index in [2.05, 4.69) is 69.5 Å². The van der Waals surface area contributed by atoms with Crippen LogP contribution < -0.4 is 4.90 Å². The average Bonchev–Trinajstić information content (AvgIpc) is 3.24. The number of benzene rings is 1. The molecule has 26 heavy (non-hydrogen) atoms. The minimum Gasteiger partial charge on any atom is -0.352 e. The number of rotatable bonds is 2. The molecule has 5 rings (SSSR count). The first-order chi connectivity index (χ1) is 12.7. The van der Waals surface area contributed by atoms with Crippen molar-refractivity contribution in [3.63, 3.8) is 0 Å². The summed E-state index contributed by atoms with van der Waals surface area (Å²) >= 11 is 3.52. The van der Waals surface area contributed by atoms with Crippen LogP contribution in [0.4, 0.5) is 5.82 Å². The average molecular weight is 411 g/mol. The number of tetrazole rings is 1. The van der Waals surface area contributed by atoms with Gasteiger partial charge in [-0.1, -0.05) is 28.1 Å². The van der Waals surface area contributed by atoms with Crippen molar-refractivity contribution in [2.24, 2.45) is 7.05 Å². The molecule has 0 bridgehead atoms. The number of anilines is 1. The van der Waals surface area contributed by atoms with Crippen LogP contribution in [-0.4, -0.2) is 48.2 Å². The molecule has 0 fully saturated rings. The van der Waals surface area contributed by atoms with Gasteiger partial charge in [-0.3, -0.25) is 0 Å². The summed E-state index contributed by atoms with van der Waals surface area (Å²) in [5.74, 6) is 1.78. The van der Waals surface area contributed by atoms with Gasteiger partial charge in [0.1, 0.15) is 17.8 Å². The van der Waals surface area contributed by atoms with Crippen LogP contribution in [0.25, 0.3) is 27.5 Å². The van der Waals surface area contributed by atoms with E-state index in [9.17, 15) is 0 Å². The Hall–Kier alpha value is -2.81. The van der Waals surface area contributed by atoms with Crippen molar-refractivity contribution in [3.05, 3.63) is 40.9 Å². The lowest BCUT2D eigenvalue weighted by atomic mass is 10.1. The fourth-order valence-electron chi connectivity index (χ4n) is 3.49. The Morgan fingerprint density at radius 3 is 2.92 bits per heavy atom. The third kappa shape index (κ3) is 2.38. The topological polar surface area (TPSA) is 88.4 Å². The summed E-state index contributed by atoms with van der Waals surface area (Å²) in [5, 5.41) is 13.9. The van der Waals surface area contributed by atoms with E-state index in [0.29, 0.717) is 0 Å².